The Bertz CT molecular complexity index is 658. The highest BCUT2D eigenvalue weighted by Crippen LogP contribution is 2.65. The second kappa shape index (κ2) is 6.87. The number of allylic oxidation sites excluding steroid dienone is 1. The van der Waals surface area contributed by atoms with Gasteiger partial charge in [-0.15, -0.1) is 0 Å². The molecule has 0 amide bonds. The van der Waals surface area contributed by atoms with Crippen molar-refractivity contribution in [2.45, 2.75) is 81.4 Å². The van der Waals surface area contributed by atoms with Crippen molar-refractivity contribution in [3.63, 3.8) is 0 Å². The Balaban J connectivity index is 1.56. The van der Waals surface area contributed by atoms with E-state index in [-0.39, 0.29) is 16.9 Å². The SMILES string of the molecule is CC12CCC(=O)C=C1CCC1C2CCC2(C)C(OC(O)C(Cl)(Cl)Cl)CCC12. The molecule has 6 heteroatoms. The number of alkyl halides is 3. The number of rotatable bonds is 2. The average molecular weight is 436 g/mol. The number of hydrogen-bond acceptors (Lipinski definition) is 3. The van der Waals surface area contributed by atoms with Gasteiger partial charge in [-0.25, -0.2) is 0 Å². The largest absolute Gasteiger partial charge is 0.365 e. The number of hydrogen-bond donors (Lipinski definition) is 1. The molecule has 0 spiro atoms. The van der Waals surface area contributed by atoms with Gasteiger partial charge >= 0.3 is 0 Å². The first kappa shape index (κ1) is 20.5. The van der Waals surface area contributed by atoms with Crippen molar-refractivity contribution in [3.05, 3.63) is 11.6 Å². The molecule has 4 aliphatic carbocycles. The van der Waals surface area contributed by atoms with E-state index in [1.807, 2.05) is 6.08 Å². The minimum Gasteiger partial charge on any atom is -0.365 e. The molecule has 27 heavy (non-hydrogen) atoms. The number of halogens is 3. The molecule has 0 radical (unpaired) electrons. The van der Waals surface area contributed by atoms with E-state index < -0.39 is 10.1 Å². The van der Waals surface area contributed by atoms with E-state index >= 15 is 0 Å². The molecule has 0 aromatic heterocycles. The molecule has 0 saturated heterocycles. The van der Waals surface area contributed by atoms with Crippen molar-refractivity contribution in [1.29, 1.82) is 0 Å². The summed E-state index contributed by atoms with van der Waals surface area (Å²) in [6.07, 6.45) is 8.55. The van der Waals surface area contributed by atoms with Gasteiger partial charge in [0.25, 0.3) is 0 Å². The number of aliphatic hydroxyl groups is 1. The maximum absolute atomic E-state index is 11.9. The fourth-order valence-electron chi connectivity index (χ4n) is 6.97. The molecule has 4 rings (SSSR count). The average Bonchev–Trinajstić information content (AvgIpc) is 2.91. The van der Waals surface area contributed by atoms with Gasteiger partial charge in [0.2, 0.25) is 10.1 Å². The summed E-state index contributed by atoms with van der Waals surface area (Å²) in [4.78, 5) is 11.9. The topological polar surface area (TPSA) is 46.5 Å². The van der Waals surface area contributed by atoms with Crippen molar-refractivity contribution in [2.24, 2.45) is 28.6 Å². The van der Waals surface area contributed by atoms with Gasteiger partial charge in [-0.3, -0.25) is 4.79 Å². The van der Waals surface area contributed by atoms with Crippen LogP contribution < -0.4 is 0 Å². The third-order valence-corrected chi connectivity index (χ3v) is 9.01. The van der Waals surface area contributed by atoms with Gasteiger partial charge in [-0.2, -0.15) is 0 Å². The van der Waals surface area contributed by atoms with E-state index in [1.165, 1.54) is 5.57 Å². The maximum Gasteiger partial charge on any atom is 0.240 e. The minimum absolute atomic E-state index is 0.0140. The molecular weight excluding hydrogens is 407 g/mol. The summed E-state index contributed by atoms with van der Waals surface area (Å²) in [6.45, 7) is 4.69. The van der Waals surface area contributed by atoms with E-state index in [1.54, 1.807) is 0 Å². The Labute approximate surface area is 176 Å². The van der Waals surface area contributed by atoms with E-state index in [4.69, 9.17) is 39.5 Å². The third-order valence-electron chi connectivity index (χ3n) is 8.45. The predicted octanol–water partition coefficient (Wildman–Crippen LogP) is 5.59. The molecule has 0 bridgehead atoms. The molecule has 0 heterocycles. The van der Waals surface area contributed by atoms with E-state index in [0.717, 1.165) is 44.9 Å². The van der Waals surface area contributed by atoms with Crippen LogP contribution in [0, 0.1) is 28.6 Å². The standard InChI is InChI=1S/C21H29Cl3O3/c1-19-9-7-13(25)11-12(19)3-4-14-15-5-6-17(27-18(26)21(22,23)24)20(15,2)10-8-16(14)19/h11,14-18,26H,3-10H2,1-2H3. The van der Waals surface area contributed by atoms with Crippen LogP contribution in [0.5, 0.6) is 0 Å². The molecule has 0 aromatic rings. The van der Waals surface area contributed by atoms with Gasteiger partial charge in [0.1, 0.15) is 0 Å². The number of ether oxygens (including phenoxy) is 1. The van der Waals surface area contributed by atoms with E-state index in [0.29, 0.717) is 30.0 Å². The highest BCUT2D eigenvalue weighted by Gasteiger charge is 2.60. The Kier molecular flexibility index (Phi) is 5.21. The van der Waals surface area contributed by atoms with Crippen molar-refractivity contribution in [2.75, 3.05) is 0 Å². The first-order chi connectivity index (χ1) is 12.6. The zero-order valence-electron chi connectivity index (χ0n) is 16.0. The van der Waals surface area contributed by atoms with E-state index in [9.17, 15) is 9.90 Å². The van der Waals surface area contributed by atoms with Crippen molar-refractivity contribution >= 4 is 40.6 Å². The smallest absolute Gasteiger partial charge is 0.240 e. The first-order valence-corrected chi connectivity index (χ1v) is 11.3. The van der Waals surface area contributed by atoms with Crippen LogP contribution in [0.4, 0.5) is 0 Å². The molecule has 1 N–H and O–H groups in total. The first-order valence-electron chi connectivity index (χ1n) is 10.2. The lowest BCUT2D eigenvalue weighted by molar-refractivity contribution is -0.177. The quantitative estimate of drug-likeness (QED) is 0.454. The summed E-state index contributed by atoms with van der Waals surface area (Å²) in [5.41, 5.74) is 1.58. The molecule has 4 aliphatic rings. The van der Waals surface area contributed by atoms with Crippen LogP contribution in [0.25, 0.3) is 0 Å². The summed E-state index contributed by atoms with van der Waals surface area (Å²) < 4.78 is 4.06. The zero-order chi connectivity index (χ0) is 19.6. The Morgan fingerprint density at radius 3 is 2.56 bits per heavy atom. The van der Waals surface area contributed by atoms with Crippen LogP contribution in [-0.2, 0) is 9.53 Å². The number of fused-ring (bicyclic) bond motifs is 5. The Morgan fingerprint density at radius 2 is 1.85 bits per heavy atom. The van der Waals surface area contributed by atoms with Gasteiger partial charge in [0.05, 0.1) is 6.10 Å². The van der Waals surface area contributed by atoms with Crippen LogP contribution in [0.2, 0.25) is 0 Å². The second-order valence-corrected chi connectivity index (χ2v) is 12.0. The summed E-state index contributed by atoms with van der Waals surface area (Å²) >= 11 is 17.5. The molecule has 0 aromatic carbocycles. The maximum atomic E-state index is 11.9. The van der Waals surface area contributed by atoms with Crippen molar-refractivity contribution in [1.82, 2.24) is 0 Å². The summed E-state index contributed by atoms with van der Waals surface area (Å²) in [5.74, 6) is 2.16. The predicted molar refractivity (Wildman–Crippen MR) is 108 cm³/mol. The summed E-state index contributed by atoms with van der Waals surface area (Å²) in [5, 5.41) is 10.1. The monoisotopic (exact) mass is 434 g/mol. The molecule has 7 unspecified atom stereocenters. The van der Waals surface area contributed by atoms with Crippen molar-refractivity contribution in [3.8, 4) is 0 Å². The highest BCUT2D eigenvalue weighted by atomic mass is 35.6. The molecule has 152 valence electrons. The lowest BCUT2D eigenvalue weighted by atomic mass is 9.47. The van der Waals surface area contributed by atoms with Crippen LogP contribution in [0.1, 0.15) is 65.2 Å². The summed E-state index contributed by atoms with van der Waals surface area (Å²) in [7, 11) is 0. The minimum atomic E-state index is -1.82. The third kappa shape index (κ3) is 3.30. The lowest BCUT2D eigenvalue weighted by Gasteiger charge is -2.58. The molecule has 3 nitrogen and oxygen atoms in total. The summed E-state index contributed by atoms with van der Waals surface area (Å²) in [6, 6.07) is 0. The Morgan fingerprint density at radius 1 is 1.11 bits per heavy atom. The van der Waals surface area contributed by atoms with Crippen LogP contribution in [0.3, 0.4) is 0 Å². The van der Waals surface area contributed by atoms with Gasteiger partial charge < -0.3 is 9.84 Å². The van der Waals surface area contributed by atoms with Gasteiger partial charge in [-0.1, -0.05) is 54.2 Å². The fraction of sp³-hybridized carbons (Fsp3) is 0.857. The van der Waals surface area contributed by atoms with Crippen LogP contribution in [0.15, 0.2) is 11.6 Å². The van der Waals surface area contributed by atoms with E-state index in [2.05, 4.69) is 13.8 Å². The number of ketones is 1. The van der Waals surface area contributed by atoms with Gasteiger partial charge in [-0.05, 0) is 79.6 Å². The number of aliphatic hydroxyl groups excluding tert-OH is 1. The fourth-order valence-corrected chi connectivity index (χ4v) is 7.12. The molecule has 3 fully saturated rings. The normalized spacial score (nSPS) is 45.6. The molecular formula is C21H29Cl3O3. The molecule has 7 atom stereocenters. The Hall–Kier alpha value is 0.200. The molecule has 3 saturated carbocycles. The van der Waals surface area contributed by atoms with Crippen LogP contribution in [-0.4, -0.2) is 27.1 Å². The van der Waals surface area contributed by atoms with Gasteiger partial charge in [0.15, 0.2) is 5.78 Å². The number of carbonyl (C=O) groups is 1. The van der Waals surface area contributed by atoms with Crippen LogP contribution >= 0.6 is 34.8 Å². The van der Waals surface area contributed by atoms with Gasteiger partial charge in [0, 0.05) is 6.42 Å². The highest BCUT2D eigenvalue weighted by molar-refractivity contribution is 6.67. The molecule has 0 aliphatic heterocycles. The lowest BCUT2D eigenvalue weighted by Crippen LogP contribution is -2.52. The van der Waals surface area contributed by atoms with Crippen molar-refractivity contribution < 1.29 is 14.6 Å². The zero-order valence-corrected chi connectivity index (χ0v) is 18.3. The second-order valence-electron chi connectivity index (χ2n) is 9.61. The number of carbonyl (C=O) groups excluding carboxylic acids is 1.